The summed E-state index contributed by atoms with van der Waals surface area (Å²) in [5.41, 5.74) is 4.80. The van der Waals surface area contributed by atoms with E-state index in [1.165, 1.54) is 21.6 Å². The van der Waals surface area contributed by atoms with Crippen molar-refractivity contribution in [2.45, 2.75) is 33.7 Å². The van der Waals surface area contributed by atoms with Gasteiger partial charge in [0.2, 0.25) is 0 Å². The zero-order valence-corrected chi connectivity index (χ0v) is 16.7. The molecule has 0 bridgehead atoms. The van der Waals surface area contributed by atoms with E-state index in [2.05, 4.69) is 67.6 Å². The van der Waals surface area contributed by atoms with Crippen LogP contribution in [0.5, 0.6) is 0 Å². The monoisotopic (exact) mass is 362 g/mol. The van der Waals surface area contributed by atoms with Crippen LogP contribution in [-0.2, 0) is 4.74 Å². The number of ether oxygens (including phenoxy) is 1. The Kier molecular flexibility index (Phi) is 6.78. The number of aryl methyl sites for hydroxylation is 3. The quantitative estimate of drug-likeness (QED) is 0.724. The molecular formula is C19H26N2OS2. The second-order valence-corrected chi connectivity index (χ2v) is 7.45. The number of hydrogen-bond donors (Lipinski definition) is 1. The number of anilines is 1. The minimum Gasteiger partial charge on any atom is -0.383 e. The lowest BCUT2D eigenvalue weighted by Crippen LogP contribution is -2.39. The number of rotatable bonds is 6. The van der Waals surface area contributed by atoms with Crippen LogP contribution in [0.4, 0.5) is 5.69 Å². The third-order valence-electron chi connectivity index (χ3n) is 4.13. The lowest BCUT2D eigenvalue weighted by atomic mass is 10.1. The van der Waals surface area contributed by atoms with Crippen molar-refractivity contribution in [3.63, 3.8) is 0 Å². The highest BCUT2D eigenvalue weighted by Gasteiger charge is 2.20. The molecule has 1 N–H and O–H groups in total. The van der Waals surface area contributed by atoms with Crippen molar-refractivity contribution in [2.75, 3.05) is 25.6 Å². The first-order valence-electron chi connectivity index (χ1n) is 8.11. The zero-order chi connectivity index (χ0) is 17.7. The molecule has 0 aliphatic rings. The lowest BCUT2D eigenvalue weighted by molar-refractivity contribution is 0.166. The van der Waals surface area contributed by atoms with E-state index in [0.29, 0.717) is 6.61 Å². The van der Waals surface area contributed by atoms with Gasteiger partial charge in [-0.1, -0.05) is 23.8 Å². The van der Waals surface area contributed by atoms with Gasteiger partial charge in [-0.3, -0.25) is 0 Å². The van der Waals surface area contributed by atoms with Gasteiger partial charge in [0.1, 0.15) is 0 Å². The fraction of sp³-hybridized carbons (Fsp3) is 0.421. The molecule has 1 aromatic carbocycles. The molecule has 1 heterocycles. The molecule has 0 spiro atoms. The lowest BCUT2D eigenvalue weighted by Gasteiger charge is -2.32. The third-order valence-corrected chi connectivity index (χ3v) is 5.51. The van der Waals surface area contributed by atoms with E-state index < -0.39 is 0 Å². The maximum atomic E-state index is 5.74. The Bertz CT molecular complexity index is 660. The van der Waals surface area contributed by atoms with Crippen LogP contribution in [0.25, 0.3) is 0 Å². The number of thiophene rings is 1. The molecule has 1 atom stereocenters. The van der Waals surface area contributed by atoms with E-state index in [-0.39, 0.29) is 6.04 Å². The summed E-state index contributed by atoms with van der Waals surface area (Å²) < 4.78 is 5.28. The maximum Gasteiger partial charge on any atom is 0.174 e. The van der Waals surface area contributed by atoms with Gasteiger partial charge in [0, 0.05) is 24.2 Å². The largest absolute Gasteiger partial charge is 0.383 e. The van der Waals surface area contributed by atoms with Crippen LogP contribution in [0.2, 0.25) is 0 Å². The zero-order valence-electron chi connectivity index (χ0n) is 15.1. The normalized spacial score (nSPS) is 12.0. The molecule has 2 aromatic rings. The van der Waals surface area contributed by atoms with Gasteiger partial charge in [0.15, 0.2) is 5.11 Å². The van der Waals surface area contributed by atoms with E-state index >= 15 is 0 Å². The van der Waals surface area contributed by atoms with Crippen molar-refractivity contribution in [1.29, 1.82) is 0 Å². The number of nitrogens with one attached hydrogen (secondary N) is 1. The first kappa shape index (κ1) is 18.9. The van der Waals surface area contributed by atoms with E-state index in [4.69, 9.17) is 17.0 Å². The fourth-order valence-corrected chi connectivity index (χ4v) is 4.05. The van der Waals surface area contributed by atoms with Crippen LogP contribution >= 0.6 is 23.6 Å². The molecular weight excluding hydrogens is 336 g/mol. The van der Waals surface area contributed by atoms with E-state index in [0.717, 1.165) is 17.3 Å². The first-order chi connectivity index (χ1) is 11.4. The van der Waals surface area contributed by atoms with Gasteiger partial charge in [-0.15, -0.1) is 11.3 Å². The SMILES string of the molecule is COCCN(C(=S)Nc1c(C)cc(C)cc1C)[C@@H](C)c1cccs1. The summed E-state index contributed by atoms with van der Waals surface area (Å²) in [6.45, 7) is 9.94. The topological polar surface area (TPSA) is 24.5 Å². The van der Waals surface area contributed by atoms with E-state index in [1.54, 1.807) is 18.4 Å². The van der Waals surface area contributed by atoms with Crippen molar-refractivity contribution >= 4 is 34.4 Å². The second kappa shape index (κ2) is 8.60. The Labute approximate surface area is 154 Å². The van der Waals surface area contributed by atoms with E-state index in [1.807, 2.05) is 0 Å². The summed E-state index contributed by atoms with van der Waals surface area (Å²) in [7, 11) is 1.72. The second-order valence-electron chi connectivity index (χ2n) is 6.08. The Morgan fingerprint density at radius 2 is 1.96 bits per heavy atom. The highest BCUT2D eigenvalue weighted by molar-refractivity contribution is 7.80. The van der Waals surface area contributed by atoms with Crippen molar-refractivity contribution in [1.82, 2.24) is 4.90 Å². The van der Waals surface area contributed by atoms with Crippen molar-refractivity contribution in [2.24, 2.45) is 0 Å². The van der Waals surface area contributed by atoms with Crippen molar-refractivity contribution < 1.29 is 4.74 Å². The van der Waals surface area contributed by atoms with Crippen LogP contribution in [0, 0.1) is 20.8 Å². The summed E-state index contributed by atoms with van der Waals surface area (Å²) in [5, 5.41) is 6.31. The smallest absolute Gasteiger partial charge is 0.174 e. The van der Waals surface area contributed by atoms with E-state index in [9.17, 15) is 0 Å². The molecule has 3 nitrogen and oxygen atoms in total. The fourth-order valence-electron chi connectivity index (χ4n) is 2.90. The Morgan fingerprint density at radius 3 is 2.50 bits per heavy atom. The van der Waals surface area contributed by atoms with Crippen LogP contribution in [0.3, 0.4) is 0 Å². The highest BCUT2D eigenvalue weighted by atomic mass is 32.1. The van der Waals surface area contributed by atoms with Gasteiger partial charge in [0.25, 0.3) is 0 Å². The highest BCUT2D eigenvalue weighted by Crippen LogP contribution is 2.27. The molecule has 0 saturated heterocycles. The Balaban J connectivity index is 2.22. The molecule has 0 unspecified atom stereocenters. The number of thiocarbonyl (C=S) groups is 1. The first-order valence-corrected chi connectivity index (χ1v) is 9.40. The summed E-state index contributed by atoms with van der Waals surface area (Å²) in [5.74, 6) is 0. The predicted octanol–water partition coefficient (Wildman–Crippen LogP) is 5.08. The van der Waals surface area contributed by atoms with Gasteiger partial charge in [0.05, 0.1) is 12.6 Å². The average molecular weight is 363 g/mol. The van der Waals surface area contributed by atoms with Crippen LogP contribution in [0.1, 0.15) is 34.5 Å². The minimum atomic E-state index is 0.214. The molecule has 0 aliphatic heterocycles. The number of hydrogen-bond acceptors (Lipinski definition) is 3. The molecule has 5 heteroatoms. The molecule has 0 aliphatic carbocycles. The average Bonchev–Trinajstić information content (AvgIpc) is 3.05. The van der Waals surface area contributed by atoms with Gasteiger partial charge in [-0.05, 0) is 62.5 Å². The van der Waals surface area contributed by atoms with Crippen LogP contribution < -0.4 is 5.32 Å². The molecule has 0 amide bonds. The molecule has 0 saturated carbocycles. The molecule has 0 fully saturated rings. The number of benzene rings is 1. The van der Waals surface area contributed by atoms with Crippen LogP contribution in [0.15, 0.2) is 29.6 Å². The van der Waals surface area contributed by atoms with Crippen molar-refractivity contribution in [3.05, 3.63) is 51.2 Å². The predicted molar refractivity (Wildman–Crippen MR) is 108 cm³/mol. The minimum absolute atomic E-state index is 0.214. The molecule has 0 radical (unpaired) electrons. The summed E-state index contributed by atoms with van der Waals surface area (Å²) >= 11 is 7.49. The van der Waals surface area contributed by atoms with Gasteiger partial charge >= 0.3 is 0 Å². The Hall–Kier alpha value is -1.43. The Morgan fingerprint density at radius 1 is 1.29 bits per heavy atom. The van der Waals surface area contributed by atoms with Gasteiger partial charge in [-0.25, -0.2) is 0 Å². The molecule has 24 heavy (non-hydrogen) atoms. The number of nitrogens with zero attached hydrogens (tertiary/aromatic N) is 1. The number of methoxy groups -OCH3 is 1. The van der Waals surface area contributed by atoms with Gasteiger partial charge in [-0.2, -0.15) is 0 Å². The summed E-state index contributed by atoms with van der Waals surface area (Å²) in [6.07, 6.45) is 0. The van der Waals surface area contributed by atoms with Gasteiger partial charge < -0.3 is 15.0 Å². The standard InChI is InChI=1S/C19H26N2OS2/c1-13-11-14(2)18(15(3)12-13)20-19(23)21(8-9-22-5)16(4)17-7-6-10-24-17/h6-7,10-12,16H,8-9H2,1-5H3,(H,20,23)/t16-/m0/s1. The van der Waals surface area contributed by atoms with Crippen molar-refractivity contribution in [3.8, 4) is 0 Å². The summed E-state index contributed by atoms with van der Waals surface area (Å²) in [4.78, 5) is 3.50. The molecule has 2 rings (SSSR count). The molecule has 1 aromatic heterocycles. The summed E-state index contributed by atoms with van der Waals surface area (Å²) in [6, 6.07) is 8.81. The maximum absolute atomic E-state index is 5.74. The van der Waals surface area contributed by atoms with Crippen LogP contribution in [-0.4, -0.2) is 30.3 Å². The molecule has 130 valence electrons. The third kappa shape index (κ3) is 4.56.